The summed E-state index contributed by atoms with van der Waals surface area (Å²) in [6.07, 6.45) is 67.2. The van der Waals surface area contributed by atoms with Gasteiger partial charge in [0.05, 0.1) is 26.4 Å². The van der Waals surface area contributed by atoms with Gasteiger partial charge in [-0.15, -0.1) is 0 Å². The van der Waals surface area contributed by atoms with Crippen LogP contribution in [0.25, 0.3) is 0 Å². The second kappa shape index (κ2) is 72.9. The molecule has 0 radical (unpaired) electrons. The molecule has 0 aliphatic rings. The predicted molar refractivity (Wildman–Crippen MR) is 400 cm³/mol. The molecule has 0 saturated carbocycles. The summed E-state index contributed by atoms with van der Waals surface area (Å²) in [5.74, 6) is -2.14. The molecule has 0 amide bonds. The zero-order valence-electron chi connectivity index (χ0n) is 63.2. The summed E-state index contributed by atoms with van der Waals surface area (Å²) >= 11 is 0. The molecule has 17 nitrogen and oxygen atoms in total. The number of aliphatic hydroxyl groups is 1. The van der Waals surface area contributed by atoms with Gasteiger partial charge >= 0.3 is 39.5 Å². The summed E-state index contributed by atoms with van der Waals surface area (Å²) in [7, 11) is -9.93. The lowest BCUT2D eigenvalue weighted by Crippen LogP contribution is -2.30. The van der Waals surface area contributed by atoms with E-state index in [2.05, 4.69) is 52.0 Å². The van der Waals surface area contributed by atoms with Crippen molar-refractivity contribution in [2.75, 3.05) is 39.6 Å². The van der Waals surface area contributed by atoms with Crippen LogP contribution in [-0.4, -0.2) is 96.7 Å². The van der Waals surface area contributed by atoms with Crippen molar-refractivity contribution in [3.63, 3.8) is 0 Å². The highest BCUT2D eigenvalue weighted by Gasteiger charge is 2.30. The maximum absolute atomic E-state index is 13.1. The molecule has 5 atom stereocenters. The van der Waals surface area contributed by atoms with E-state index >= 15 is 0 Å². The Morgan fingerprint density at radius 3 is 0.704 bits per heavy atom. The first-order valence-corrected chi connectivity index (χ1v) is 43.6. The van der Waals surface area contributed by atoms with E-state index < -0.39 is 97.5 Å². The first kappa shape index (κ1) is 95.5. The Balaban J connectivity index is 5.30. The largest absolute Gasteiger partial charge is 0.472 e. The molecule has 0 bridgehead atoms. The van der Waals surface area contributed by atoms with E-state index in [1.54, 1.807) is 0 Å². The average Bonchev–Trinajstić information content (AvgIpc) is 1.04. The summed E-state index contributed by atoms with van der Waals surface area (Å²) in [5, 5.41) is 10.6. The summed E-state index contributed by atoms with van der Waals surface area (Å²) in [6.45, 7) is 4.96. The van der Waals surface area contributed by atoms with Crippen molar-refractivity contribution in [3.05, 3.63) is 24.3 Å². The highest BCUT2D eigenvalue weighted by atomic mass is 31.2. The lowest BCUT2D eigenvalue weighted by molar-refractivity contribution is -0.161. The minimum atomic E-state index is -4.97. The van der Waals surface area contributed by atoms with Crippen LogP contribution in [0.15, 0.2) is 24.3 Å². The number of hydrogen-bond acceptors (Lipinski definition) is 15. The third-order valence-corrected chi connectivity index (χ3v) is 19.8. The van der Waals surface area contributed by atoms with Gasteiger partial charge in [0.2, 0.25) is 0 Å². The molecule has 0 heterocycles. The zero-order chi connectivity index (χ0) is 71.8. The number of rotatable bonds is 78. The lowest BCUT2D eigenvalue weighted by Gasteiger charge is -2.21. The van der Waals surface area contributed by atoms with Gasteiger partial charge in [0.1, 0.15) is 19.3 Å². The van der Waals surface area contributed by atoms with Crippen LogP contribution in [0.4, 0.5) is 0 Å². The van der Waals surface area contributed by atoms with E-state index in [1.807, 2.05) is 0 Å². The molecule has 578 valence electrons. The third kappa shape index (κ3) is 71.9. The Morgan fingerprint density at radius 1 is 0.276 bits per heavy atom. The van der Waals surface area contributed by atoms with E-state index in [1.165, 1.54) is 199 Å². The molecule has 0 aliphatic carbocycles. The number of esters is 4. The van der Waals surface area contributed by atoms with Crippen molar-refractivity contribution in [3.8, 4) is 0 Å². The van der Waals surface area contributed by atoms with Gasteiger partial charge in [0.15, 0.2) is 12.2 Å². The standard InChI is InChI=1S/C79H150O17P2/c1-5-9-13-17-21-25-29-33-36-40-44-48-52-56-60-64-77(82)90-70-75(96-79(84)66-62-58-54-50-46-42-38-35-31-27-23-19-15-11-7-3)72-94-98(87,88)92-68-73(80)67-91-97(85,86)93-71-74(69-89-76(81)63-59-55-51-47-43-39-32-28-24-20-16-12-8-4)95-78(83)65-61-57-53-49-45-41-37-34-30-26-22-18-14-10-6-2/h33,35-36,38,73-75,80H,5-32,34,37,39-72H2,1-4H3,(H,85,86)(H,87,88)/b36-33-,38-35-/t73-,74-,75-/m1/s1. The molecule has 0 aliphatic heterocycles. The first-order valence-electron chi connectivity index (χ1n) is 40.6. The summed E-state index contributed by atoms with van der Waals surface area (Å²) in [5.41, 5.74) is 0. The van der Waals surface area contributed by atoms with Crippen molar-refractivity contribution in [1.82, 2.24) is 0 Å². The van der Waals surface area contributed by atoms with Crippen LogP contribution in [0.5, 0.6) is 0 Å². The number of carbonyl (C=O) groups is 4. The number of phosphoric acid groups is 2. The summed E-state index contributed by atoms with van der Waals surface area (Å²) in [4.78, 5) is 73.0. The van der Waals surface area contributed by atoms with Gasteiger partial charge in [0, 0.05) is 25.7 Å². The van der Waals surface area contributed by atoms with Crippen molar-refractivity contribution < 1.29 is 80.2 Å². The smallest absolute Gasteiger partial charge is 0.462 e. The highest BCUT2D eigenvalue weighted by molar-refractivity contribution is 7.47. The Bertz CT molecular complexity index is 1950. The van der Waals surface area contributed by atoms with Gasteiger partial charge in [-0.2, -0.15) is 0 Å². The molecule has 0 saturated heterocycles. The number of allylic oxidation sites excluding steroid dienone is 4. The molecule has 0 rings (SSSR count). The molecule has 98 heavy (non-hydrogen) atoms. The Labute approximate surface area is 599 Å². The fraction of sp³-hybridized carbons (Fsp3) is 0.899. The van der Waals surface area contributed by atoms with Crippen LogP contribution in [0.3, 0.4) is 0 Å². The minimum absolute atomic E-state index is 0.0911. The molecule has 2 unspecified atom stereocenters. The average molecular weight is 1430 g/mol. The minimum Gasteiger partial charge on any atom is -0.462 e. The number of carbonyl (C=O) groups excluding carboxylic acids is 4. The van der Waals surface area contributed by atoms with Crippen molar-refractivity contribution in [2.24, 2.45) is 0 Å². The zero-order valence-corrected chi connectivity index (χ0v) is 65.0. The van der Waals surface area contributed by atoms with E-state index in [0.717, 1.165) is 122 Å². The Kier molecular flexibility index (Phi) is 71.0. The topological polar surface area (TPSA) is 237 Å². The normalized spacial score (nSPS) is 14.0. The van der Waals surface area contributed by atoms with Crippen LogP contribution in [0.2, 0.25) is 0 Å². The number of hydrogen-bond donors (Lipinski definition) is 3. The molecule has 0 spiro atoms. The summed E-state index contributed by atoms with van der Waals surface area (Å²) in [6, 6.07) is 0. The summed E-state index contributed by atoms with van der Waals surface area (Å²) < 4.78 is 68.6. The van der Waals surface area contributed by atoms with E-state index in [0.29, 0.717) is 25.7 Å². The second-order valence-electron chi connectivity index (χ2n) is 27.7. The fourth-order valence-corrected chi connectivity index (χ4v) is 13.3. The Hall–Kier alpha value is -2.46. The number of unbranched alkanes of at least 4 members (excludes halogenated alkanes) is 48. The number of phosphoric ester groups is 2. The van der Waals surface area contributed by atoms with E-state index in [-0.39, 0.29) is 25.7 Å². The molecular weight excluding hydrogens is 1280 g/mol. The molecule has 0 aromatic rings. The number of aliphatic hydroxyl groups excluding tert-OH is 1. The van der Waals surface area contributed by atoms with Gasteiger partial charge < -0.3 is 33.8 Å². The maximum Gasteiger partial charge on any atom is 0.472 e. The third-order valence-electron chi connectivity index (χ3n) is 17.9. The van der Waals surface area contributed by atoms with Crippen molar-refractivity contribution in [2.45, 2.75) is 418 Å². The molecule has 0 aromatic carbocycles. The number of ether oxygens (including phenoxy) is 4. The Morgan fingerprint density at radius 2 is 0.469 bits per heavy atom. The molecule has 3 N–H and O–H groups in total. The predicted octanol–water partition coefficient (Wildman–Crippen LogP) is 23.3. The van der Waals surface area contributed by atoms with Crippen LogP contribution < -0.4 is 0 Å². The van der Waals surface area contributed by atoms with Crippen LogP contribution >= 0.6 is 15.6 Å². The molecular formula is C79H150O17P2. The first-order chi connectivity index (χ1) is 47.7. The quantitative estimate of drug-likeness (QED) is 0.0169. The molecule has 0 aromatic heterocycles. The van der Waals surface area contributed by atoms with E-state index in [9.17, 15) is 43.2 Å². The highest BCUT2D eigenvalue weighted by Crippen LogP contribution is 2.45. The van der Waals surface area contributed by atoms with Gasteiger partial charge in [0.25, 0.3) is 0 Å². The maximum atomic E-state index is 13.1. The van der Waals surface area contributed by atoms with Crippen LogP contribution in [0.1, 0.15) is 400 Å². The second-order valence-corrected chi connectivity index (χ2v) is 30.6. The van der Waals surface area contributed by atoms with Gasteiger partial charge in [-0.3, -0.25) is 37.3 Å². The van der Waals surface area contributed by atoms with Crippen LogP contribution in [-0.2, 0) is 65.4 Å². The lowest BCUT2D eigenvalue weighted by atomic mass is 10.0. The monoisotopic (exact) mass is 1430 g/mol. The molecule has 0 fully saturated rings. The van der Waals surface area contributed by atoms with Crippen molar-refractivity contribution >= 4 is 39.5 Å². The van der Waals surface area contributed by atoms with Gasteiger partial charge in [-0.25, -0.2) is 9.13 Å². The SMILES string of the molecule is CCCCCCCC/C=C\CCCCCCCC(=O)OC[C@H](COP(=O)(O)OC[C@H](O)COP(=O)(O)OC[C@@H](COC(=O)CCCCCCCCCCCCCCC)OC(=O)CCCCCCCCCCCCCCCCC)OC(=O)CCCCCCC/C=C\CCCCCCCC. The van der Waals surface area contributed by atoms with E-state index in [4.69, 9.17) is 37.0 Å². The van der Waals surface area contributed by atoms with Gasteiger partial charge in [-0.05, 0) is 77.0 Å². The fourth-order valence-electron chi connectivity index (χ4n) is 11.7. The van der Waals surface area contributed by atoms with Crippen molar-refractivity contribution in [1.29, 1.82) is 0 Å². The molecule has 19 heteroatoms. The van der Waals surface area contributed by atoms with Gasteiger partial charge in [-0.1, -0.05) is 322 Å². The van der Waals surface area contributed by atoms with Crippen LogP contribution in [0, 0.1) is 0 Å².